The fraction of sp³-hybridized carbons (Fsp3) is 0.625. The minimum atomic E-state index is -0.160. The number of rotatable bonds is 4. The van der Waals surface area contributed by atoms with E-state index in [0.29, 0.717) is 12.5 Å². The molecule has 0 aliphatic carbocycles. The van der Waals surface area contributed by atoms with Crippen molar-refractivity contribution in [3.8, 4) is 0 Å². The average Bonchev–Trinajstić information content (AvgIpc) is 3.25. The Bertz CT molecular complexity index is 604. The SMILES string of the molecule is c1csc(CN2CCOC[C@@]3(C[C@@H](Cn4cnnc4)CO3)C2)c1. The van der Waals surface area contributed by atoms with Crippen LogP contribution in [0.15, 0.2) is 30.2 Å². The molecule has 0 aromatic carbocycles. The highest BCUT2D eigenvalue weighted by atomic mass is 32.1. The summed E-state index contributed by atoms with van der Waals surface area (Å²) in [7, 11) is 0. The first-order chi connectivity index (χ1) is 11.3. The van der Waals surface area contributed by atoms with Crippen molar-refractivity contribution in [1.29, 1.82) is 0 Å². The van der Waals surface area contributed by atoms with Crippen LogP contribution >= 0.6 is 11.3 Å². The quantitative estimate of drug-likeness (QED) is 0.851. The first-order valence-corrected chi connectivity index (χ1v) is 8.98. The topological polar surface area (TPSA) is 52.4 Å². The number of aromatic nitrogens is 3. The molecule has 0 bridgehead atoms. The van der Waals surface area contributed by atoms with Crippen LogP contribution in [0.4, 0.5) is 0 Å². The summed E-state index contributed by atoms with van der Waals surface area (Å²) in [5.74, 6) is 0.497. The molecule has 6 nitrogen and oxygen atoms in total. The largest absolute Gasteiger partial charge is 0.377 e. The fourth-order valence-electron chi connectivity index (χ4n) is 3.62. The van der Waals surface area contributed by atoms with Gasteiger partial charge in [-0.1, -0.05) is 6.07 Å². The Balaban J connectivity index is 1.40. The van der Waals surface area contributed by atoms with Gasteiger partial charge in [0.05, 0.1) is 19.8 Å². The lowest BCUT2D eigenvalue weighted by atomic mass is 9.94. The highest BCUT2D eigenvalue weighted by Gasteiger charge is 2.43. The second kappa shape index (κ2) is 6.68. The Morgan fingerprint density at radius 2 is 2.26 bits per heavy atom. The molecule has 2 aromatic heterocycles. The van der Waals surface area contributed by atoms with Crippen LogP contribution in [0.25, 0.3) is 0 Å². The van der Waals surface area contributed by atoms with Crippen molar-refractivity contribution in [3.63, 3.8) is 0 Å². The predicted octanol–water partition coefficient (Wildman–Crippen LogP) is 1.65. The zero-order chi connectivity index (χ0) is 15.5. The molecule has 2 aliphatic heterocycles. The van der Waals surface area contributed by atoms with Gasteiger partial charge in [-0.3, -0.25) is 4.90 Å². The van der Waals surface area contributed by atoms with Gasteiger partial charge in [0.1, 0.15) is 18.3 Å². The van der Waals surface area contributed by atoms with E-state index in [1.165, 1.54) is 4.88 Å². The fourth-order valence-corrected chi connectivity index (χ4v) is 4.37. The first kappa shape index (κ1) is 15.3. The highest BCUT2D eigenvalue weighted by molar-refractivity contribution is 7.09. The highest BCUT2D eigenvalue weighted by Crippen LogP contribution is 2.34. The van der Waals surface area contributed by atoms with Gasteiger partial charge in [0, 0.05) is 37.0 Å². The number of nitrogens with zero attached hydrogens (tertiary/aromatic N) is 4. The van der Waals surface area contributed by atoms with Crippen LogP contribution in [0.5, 0.6) is 0 Å². The molecule has 2 saturated heterocycles. The molecule has 4 heterocycles. The van der Waals surface area contributed by atoms with E-state index in [9.17, 15) is 0 Å². The van der Waals surface area contributed by atoms with Gasteiger partial charge >= 0.3 is 0 Å². The molecule has 2 atom stereocenters. The van der Waals surface area contributed by atoms with Gasteiger partial charge in [-0.2, -0.15) is 0 Å². The lowest BCUT2D eigenvalue weighted by molar-refractivity contribution is -0.0562. The Morgan fingerprint density at radius 1 is 1.35 bits per heavy atom. The van der Waals surface area contributed by atoms with E-state index in [0.717, 1.165) is 45.8 Å². The minimum absolute atomic E-state index is 0.160. The van der Waals surface area contributed by atoms with E-state index in [4.69, 9.17) is 9.47 Å². The van der Waals surface area contributed by atoms with Crippen LogP contribution in [0.1, 0.15) is 11.3 Å². The lowest BCUT2D eigenvalue weighted by Crippen LogP contribution is -2.43. The van der Waals surface area contributed by atoms with E-state index in [-0.39, 0.29) is 5.60 Å². The lowest BCUT2D eigenvalue weighted by Gasteiger charge is -2.31. The van der Waals surface area contributed by atoms with Gasteiger partial charge in [-0.25, -0.2) is 0 Å². The van der Waals surface area contributed by atoms with Gasteiger partial charge < -0.3 is 14.0 Å². The van der Waals surface area contributed by atoms with Crippen LogP contribution in [0.3, 0.4) is 0 Å². The molecule has 124 valence electrons. The van der Waals surface area contributed by atoms with Crippen molar-refractivity contribution >= 4 is 11.3 Å². The molecule has 2 aromatic rings. The summed E-state index contributed by atoms with van der Waals surface area (Å²) in [5, 5.41) is 9.89. The van der Waals surface area contributed by atoms with Crippen molar-refractivity contribution in [1.82, 2.24) is 19.7 Å². The maximum absolute atomic E-state index is 6.25. The van der Waals surface area contributed by atoms with Crippen LogP contribution < -0.4 is 0 Å². The number of ether oxygens (including phenoxy) is 2. The van der Waals surface area contributed by atoms with Gasteiger partial charge in [0.15, 0.2) is 0 Å². The van der Waals surface area contributed by atoms with Crippen LogP contribution in [-0.4, -0.2) is 58.2 Å². The van der Waals surface area contributed by atoms with Crippen LogP contribution in [-0.2, 0) is 22.6 Å². The molecule has 1 spiro atoms. The minimum Gasteiger partial charge on any atom is -0.377 e. The van der Waals surface area contributed by atoms with Gasteiger partial charge in [-0.15, -0.1) is 21.5 Å². The molecular weight excluding hydrogens is 312 g/mol. The standard InChI is InChI=1S/C16H22N4O2S/c1-2-15(23-5-1)8-19-3-4-21-11-16(10-19)6-14(9-22-16)7-20-12-17-18-13-20/h1-2,5,12-14H,3-4,6-11H2/t14-,16+/m0/s1. The van der Waals surface area contributed by atoms with E-state index < -0.39 is 0 Å². The third-order valence-electron chi connectivity index (χ3n) is 4.61. The third-order valence-corrected chi connectivity index (χ3v) is 5.47. The van der Waals surface area contributed by atoms with Gasteiger partial charge in [-0.05, 0) is 17.9 Å². The number of hydrogen-bond donors (Lipinski definition) is 0. The summed E-state index contributed by atoms with van der Waals surface area (Å²) in [6, 6.07) is 4.32. The Hall–Kier alpha value is -1.28. The molecule has 0 N–H and O–H groups in total. The monoisotopic (exact) mass is 334 g/mol. The van der Waals surface area contributed by atoms with Crippen molar-refractivity contribution < 1.29 is 9.47 Å². The summed E-state index contributed by atoms with van der Waals surface area (Å²) in [6.07, 6.45) is 4.58. The molecule has 0 unspecified atom stereocenters. The third kappa shape index (κ3) is 3.63. The smallest absolute Gasteiger partial charge is 0.119 e. The van der Waals surface area contributed by atoms with Gasteiger partial charge in [0.2, 0.25) is 0 Å². The molecule has 2 fully saturated rings. The molecule has 2 aliphatic rings. The summed E-state index contributed by atoms with van der Waals surface area (Å²) in [6.45, 7) is 6.10. The van der Waals surface area contributed by atoms with Crippen molar-refractivity contribution in [2.75, 3.05) is 32.9 Å². The Morgan fingerprint density at radius 3 is 3.09 bits per heavy atom. The van der Waals surface area contributed by atoms with Crippen molar-refractivity contribution in [2.24, 2.45) is 5.92 Å². The molecule has 7 heteroatoms. The summed E-state index contributed by atoms with van der Waals surface area (Å²) in [5.41, 5.74) is -0.160. The van der Waals surface area contributed by atoms with E-state index in [1.807, 2.05) is 15.9 Å². The van der Waals surface area contributed by atoms with Gasteiger partial charge in [0.25, 0.3) is 0 Å². The normalized spacial score (nSPS) is 29.1. The number of hydrogen-bond acceptors (Lipinski definition) is 6. The van der Waals surface area contributed by atoms with E-state index in [1.54, 1.807) is 12.7 Å². The van der Waals surface area contributed by atoms with Crippen molar-refractivity contribution in [3.05, 3.63) is 35.0 Å². The maximum atomic E-state index is 6.25. The number of thiophene rings is 1. The average molecular weight is 334 g/mol. The van der Waals surface area contributed by atoms with Crippen LogP contribution in [0, 0.1) is 5.92 Å². The Kier molecular flexibility index (Phi) is 4.43. The summed E-state index contributed by atoms with van der Waals surface area (Å²) >= 11 is 1.82. The zero-order valence-electron chi connectivity index (χ0n) is 13.1. The van der Waals surface area contributed by atoms with Crippen LogP contribution in [0.2, 0.25) is 0 Å². The molecular formula is C16H22N4O2S. The van der Waals surface area contributed by atoms with Crippen molar-refractivity contribution in [2.45, 2.75) is 25.1 Å². The predicted molar refractivity (Wildman–Crippen MR) is 87.2 cm³/mol. The molecule has 0 amide bonds. The molecule has 0 radical (unpaired) electrons. The maximum Gasteiger partial charge on any atom is 0.119 e. The zero-order valence-corrected chi connectivity index (χ0v) is 14.0. The Labute approximate surface area is 140 Å². The van der Waals surface area contributed by atoms with E-state index in [2.05, 4.69) is 32.6 Å². The summed E-state index contributed by atoms with van der Waals surface area (Å²) in [4.78, 5) is 3.88. The second-order valence-corrected chi connectivity index (χ2v) is 7.60. The molecule has 0 saturated carbocycles. The first-order valence-electron chi connectivity index (χ1n) is 8.10. The second-order valence-electron chi connectivity index (χ2n) is 6.57. The van der Waals surface area contributed by atoms with E-state index >= 15 is 0 Å². The molecule has 4 rings (SSSR count). The summed E-state index contributed by atoms with van der Waals surface area (Å²) < 4.78 is 14.2. The molecule has 23 heavy (non-hydrogen) atoms.